The Balaban J connectivity index is 2.33. The van der Waals surface area contributed by atoms with Gasteiger partial charge in [0.15, 0.2) is 12.7 Å². The minimum absolute atomic E-state index is 0.0725. The third-order valence-electron chi connectivity index (χ3n) is 3.42. The zero-order valence-corrected chi connectivity index (χ0v) is 14.0. The first-order chi connectivity index (χ1) is 10.9. The van der Waals surface area contributed by atoms with Gasteiger partial charge in [-0.25, -0.2) is 9.59 Å². The molecule has 0 bridgehead atoms. The van der Waals surface area contributed by atoms with Crippen molar-refractivity contribution in [2.75, 3.05) is 53.5 Å². The third-order valence-corrected chi connectivity index (χ3v) is 3.42. The first-order valence-corrected chi connectivity index (χ1v) is 7.50. The maximum absolute atomic E-state index is 12.0. The molecule has 1 atom stereocenters. The molecular formula is C15H25N3O5. The Morgan fingerprint density at radius 3 is 2.26 bits per heavy atom. The molecule has 0 spiro atoms. The highest BCUT2D eigenvalue weighted by Crippen LogP contribution is 2.05. The molecule has 1 heterocycles. The molecular weight excluding hydrogens is 302 g/mol. The van der Waals surface area contributed by atoms with Crippen LogP contribution in [0.5, 0.6) is 0 Å². The van der Waals surface area contributed by atoms with Crippen molar-refractivity contribution >= 4 is 17.9 Å². The van der Waals surface area contributed by atoms with Gasteiger partial charge in [0.25, 0.3) is 5.91 Å². The summed E-state index contributed by atoms with van der Waals surface area (Å²) < 4.78 is 10.1. The van der Waals surface area contributed by atoms with E-state index in [0.29, 0.717) is 26.2 Å². The molecule has 0 radical (unpaired) electrons. The number of nitrogens with zero attached hydrogens (tertiary/aromatic N) is 3. The van der Waals surface area contributed by atoms with Gasteiger partial charge < -0.3 is 24.2 Å². The van der Waals surface area contributed by atoms with E-state index < -0.39 is 12.1 Å². The van der Waals surface area contributed by atoms with Gasteiger partial charge in [-0.2, -0.15) is 0 Å². The van der Waals surface area contributed by atoms with Crippen molar-refractivity contribution in [3.05, 3.63) is 12.7 Å². The number of carbonyl (C=O) groups is 3. The normalized spacial score (nSPS) is 15.8. The fourth-order valence-electron chi connectivity index (χ4n) is 2.05. The summed E-state index contributed by atoms with van der Waals surface area (Å²) in [4.78, 5) is 40.2. The van der Waals surface area contributed by atoms with Gasteiger partial charge in [0.2, 0.25) is 0 Å². The molecule has 1 aliphatic heterocycles. The van der Waals surface area contributed by atoms with E-state index in [4.69, 9.17) is 9.47 Å². The number of hydrogen-bond donors (Lipinski definition) is 0. The highest BCUT2D eigenvalue weighted by molar-refractivity contribution is 5.82. The Bertz CT molecular complexity index is 444. The number of ether oxygens (including phenoxy) is 2. The van der Waals surface area contributed by atoms with Crippen molar-refractivity contribution in [3.63, 3.8) is 0 Å². The standard InChI is InChI=1S/C15H25N3O5/c1-5-10-22-12(2)14(20)23-11-13(19)17-6-8-18(9-7-17)15(21)16(3)4/h5,12H,1,6-11H2,2-4H3. The van der Waals surface area contributed by atoms with Crippen LogP contribution in [0.4, 0.5) is 4.79 Å². The van der Waals surface area contributed by atoms with E-state index >= 15 is 0 Å². The van der Waals surface area contributed by atoms with Crippen molar-refractivity contribution in [1.82, 2.24) is 14.7 Å². The zero-order valence-electron chi connectivity index (χ0n) is 14.0. The maximum atomic E-state index is 12.0. The lowest BCUT2D eigenvalue weighted by atomic mass is 10.3. The molecule has 1 saturated heterocycles. The van der Waals surface area contributed by atoms with Crippen molar-refractivity contribution in [2.45, 2.75) is 13.0 Å². The minimum atomic E-state index is -0.740. The Hall–Kier alpha value is -2.09. The quantitative estimate of drug-likeness (QED) is 0.505. The van der Waals surface area contributed by atoms with Crippen molar-refractivity contribution < 1.29 is 23.9 Å². The first kappa shape index (κ1) is 19.0. The van der Waals surface area contributed by atoms with Crippen LogP contribution < -0.4 is 0 Å². The van der Waals surface area contributed by atoms with Gasteiger partial charge in [-0.15, -0.1) is 6.58 Å². The fourth-order valence-corrected chi connectivity index (χ4v) is 2.05. The molecule has 1 unspecified atom stereocenters. The number of esters is 1. The summed E-state index contributed by atoms with van der Waals surface area (Å²) in [5, 5.41) is 0. The van der Waals surface area contributed by atoms with Crippen LogP contribution in [-0.4, -0.2) is 92.2 Å². The summed E-state index contributed by atoms with van der Waals surface area (Å²) in [6.07, 6.45) is 0.791. The van der Waals surface area contributed by atoms with Crippen molar-refractivity contribution in [1.29, 1.82) is 0 Å². The van der Waals surface area contributed by atoms with E-state index in [0.717, 1.165) is 0 Å². The number of urea groups is 1. The first-order valence-electron chi connectivity index (χ1n) is 7.50. The monoisotopic (exact) mass is 327 g/mol. The number of carbonyl (C=O) groups excluding carboxylic acids is 3. The van der Waals surface area contributed by atoms with Crippen molar-refractivity contribution in [2.24, 2.45) is 0 Å². The van der Waals surface area contributed by atoms with Gasteiger partial charge in [0.05, 0.1) is 6.61 Å². The third kappa shape index (κ3) is 5.90. The highest BCUT2D eigenvalue weighted by Gasteiger charge is 2.26. The highest BCUT2D eigenvalue weighted by atomic mass is 16.6. The number of hydrogen-bond acceptors (Lipinski definition) is 5. The molecule has 1 fully saturated rings. The Kier molecular flexibility index (Phi) is 7.53. The molecule has 0 saturated carbocycles. The van der Waals surface area contributed by atoms with E-state index in [2.05, 4.69) is 6.58 Å². The molecule has 0 aliphatic carbocycles. The summed E-state index contributed by atoms with van der Waals surface area (Å²) in [7, 11) is 3.38. The van der Waals surface area contributed by atoms with E-state index in [1.807, 2.05) is 0 Å². The summed E-state index contributed by atoms with van der Waals surface area (Å²) >= 11 is 0. The van der Waals surface area contributed by atoms with Crippen LogP contribution in [0.15, 0.2) is 12.7 Å². The molecule has 0 N–H and O–H groups in total. The molecule has 0 aromatic rings. The van der Waals surface area contributed by atoms with E-state index in [1.54, 1.807) is 30.8 Å². The van der Waals surface area contributed by atoms with Crippen LogP contribution in [0.25, 0.3) is 0 Å². The van der Waals surface area contributed by atoms with Crippen LogP contribution >= 0.6 is 0 Å². The SMILES string of the molecule is C=CCOC(C)C(=O)OCC(=O)N1CCN(C(=O)N(C)C)CC1. The predicted molar refractivity (Wildman–Crippen MR) is 83.8 cm³/mol. The lowest BCUT2D eigenvalue weighted by Gasteiger charge is -2.35. The van der Waals surface area contributed by atoms with Crippen LogP contribution in [0.1, 0.15) is 6.92 Å². The van der Waals surface area contributed by atoms with Crippen LogP contribution in [-0.2, 0) is 19.1 Å². The molecule has 130 valence electrons. The lowest BCUT2D eigenvalue weighted by Crippen LogP contribution is -2.53. The Labute approximate surface area is 136 Å². The largest absolute Gasteiger partial charge is 0.454 e. The maximum Gasteiger partial charge on any atom is 0.335 e. The molecule has 1 rings (SSSR count). The van der Waals surface area contributed by atoms with Crippen molar-refractivity contribution in [3.8, 4) is 0 Å². The Morgan fingerprint density at radius 1 is 1.17 bits per heavy atom. The summed E-state index contributed by atoms with van der Waals surface area (Å²) in [6.45, 7) is 6.76. The molecule has 1 aliphatic rings. The van der Waals surface area contributed by atoms with E-state index in [-0.39, 0.29) is 25.2 Å². The van der Waals surface area contributed by atoms with Crippen LogP contribution in [0.2, 0.25) is 0 Å². The van der Waals surface area contributed by atoms with E-state index in [9.17, 15) is 14.4 Å². The predicted octanol–water partition coefficient (Wildman–Crippen LogP) is -0.0535. The average Bonchev–Trinajstić information content (AvgIpc) is 2.56. The number of rotatable bonds is 6. The van der Waals surface area contributed by atoms with Gasteiger partial charge in [0.1, 0.15) is 0 Å². The molecule has 8 heteroatoms. The molecule has 3 amide bonds. The summed E-state index contributed by atoms with van der Waals surface area (Å²) in [5.74, 6) is -0.854. The second-order valence-electron chi connectivity index (χ2n) is 5.42. The van der Waals surface area contributed by atoms with E-state index in [1.165, 1.54) is 11.0 Å². The summed E-state index contributed by atoms with van der Waals surface area (Å²) in [6, 6.07) is -0.0725. The second kappa shape index (κ2) is 9.14. The molecule has 0 aromatic carbocycles. The number of amides is 3. The lowest BCUT2D eigenvalue weighted by molar-refractivity contribution is -0.161. The zero-order chi connectivity index (χ0) is 17.4. The Morgan fingerprint density at radius 2 is 1.74 bits per heavy atom. The smallest absolute Gasteiger partial charge is 0.335 e. The van der Waals surface area contributed by atoms with Gasteiger partial charge in [-0.1, -0.05) is 6.08 Å². The van der Waals surface area contributed by atoms with Gasteiger partial charge in [-0.3, -0.25) is 4.79 Å². The van der Waals surface area contributed by atoms with Crippen LogP contribution in [0.3, 0.4) is 0 Å². The molecule has 23 heavy (non-hydrogen) atoms. The van der Waals surface area contributed by atoms with Gasteiger partial charge in [-0.05, 0) is 6.92 Å². The minimum Gasteiger partial charge on any atom is -0.454 e. The average molecular weight is 327 g/mol. The van der Waals surface area contributed by atoms with Crippen LogP contribution in [0, 0.1) is 0 Å². The fraction of sp³-hybridized carbons (Fsp3) is 0.667. The number of piperazine rings is 1. The molecule has 0 aromatic heterocycles. The summed E-state index contributed by atoms with van der Waals surface area (Å²) in [5.41, 5.74) is 0. The second-order valence-corrected chi connectivity index (χ2v) is 5.42. The molecule has 8 nitrogen and oxygen atoms in total. The topological polar surface area (TPSA) is 79.4 Å². The van der Waals surface area contributed by atoms with Gasteiger partial charge in [0, 0.05) is 40.3 Å². The van der Waals surface area contributed by atoms with Gasteiger partial charge >= 0.3 is 12.0 Å².